The summed E-state index contributed by atoms with van der Waals surface area (Å²) in [4.78, 5) is 14.1. The quantitative estimate of drug-likeness (QED) is 0.611. The van der Waals surface area contributed by atoms with Crippen LogP contribution >= 0.6 is 12.4 Å². The molecule has 0 aromatic heterocycles. The first kappa shape index (κ1) is 23.8. The van der Waals surface area contributed by atoms with Crippen molar-refractivity contribution in [1.82, 2.24) is 9.62 Å². The summed E-state index contributed by atoms with van der Waals surface area (Å²) in [6.07, 6.45) is 0. The van der Waals surface area contributed by atoms with Crippen LogP contribution < -0.4 is 10.5 Å². The third kappa shape index (κ3) is 7.29. The molecule has 0 aliphatic heterocycles. The second-order valence-electron chi connectivity index (χ2n) is 6.44. The van der Waals surface area contributed by atoms with Crippen LogP contribution in [0.3, 0.4) is 0 Å². The highest BCUT2D eigenvalue weighted by atomic mass is 35.5. The zero-order valence-electron chi connectivity index (χ0n) is 15.1. The van der Waals surface area contributed by atoms with Crippen molar-refractivity contribution in [3.63, 3.8) is 0 Å². The molecule has 1 rings (SSSR count). The summed E-state index contributed by atoms with van der Waals surface area (Å²) in [5.74, 6) is -0.173. The molecule has 144 valence electrons. The van der Waals surface area contributed by atoms with Gasteiger partial charge in [-0.25, -0.2) is 13.1 Å². The SMILES string of the molecule is COCCNS(=O)(=O)c1ccc(C(=O)N(C)CC(C)(C)CN)cc1.Cl. The van der Waals surface area contributed by atoms with E-state index in [1.54, 1.807) is 11.9 Å². The van der Waals surface area contributed by atoms with Gasteiger partial charge in [0.15, 0.2) is 0 Å². The lowest BCUT2D eigenvalue weighted by Gasteiger charge is -2.29. The van der Waals surface area contributed by atoms with E-state index in [0.717, 1.165) is 0 Å². The fraction of sp³-hybridized carbons (Fsp3) is 0.562. The molecular weight excluding hydrogens is 366 g/mol. The second-order valence-corrected chi connectivity index (χ2v) is 8.21. The van der Waals surface area contributed by atoms with Gasteiger partial charge in [0.2, 0.25) is 10.0 Å². The molecule has 7 nitrogen and oxygen atoms in total. The molecule has 25 heavy (non-hydrogen) atoms. The van der Waals surface area contributed by atoms with E-state index >= 15 is 0 Å². The number of amides is 1. The summed E-state index contributed by atoms with van der Waals surface area (Å²) in [5.41, 5.74) is 5.94. The predicted octanol–water partition coefficient (Wildman–Crippen LogP) is 1.09. The van der Waals surface area contributed by atoms with Gasteiger partial charge in [-0.05, 0) is 36.2 Å². The summed E-state index contributed by atoms with van der Waals surface area (Å²) in [6.45, 7) is 5.43. The third-order valence-electron chi connectivity index (χ3n) is 3.57. The van der Waals surface area contributed by atoms with Gasteiger partial charge >= 0.3 is 0 Å². The topological polar surface area (TPSA) is 102 Å². The Bertz CT molecular complexity index is 648. The van der Waals surface area contributed by atoms with E-state index < -0.39 is 10.0 Å². The van der Waals surface area contributed by atoms with Gasteiger partial charge in [-0.2, -0.15) is 0 Å². The maximum atomic E-state index is 12.4. The van der Waals surface area contributed by atoms with Crippen LogP contribution in [0, 0.1) is 5.41 Å². The molecule has 0 heterocycles. The monoisotopic (exact) mass is 393 g/mol. The first-order valence-electron chi connectivity index (χ1n) is 7.67. The van der Waals surface area contributed by atoms with Crippen LogP contribution in [0.5, 0.6) is 0 Å². The average molecular weight is 394 g/mol. The zero-order valence-corrected chi connectivity index (χ0v) is 16.7. The Hall–Kier alpha value is -1.19. The molecule has 1 amide bonds. The van der Waals surface area contributed by atoms with Crippen LogP contribution in [0.15, 0.2) is 29.2 Å². The molecule has 9 heteroatoms. The Morgan fingerprint density at radius 1 is 1.28 bits per heavy atom. The minimum Gasteiger partial charge on any atom is -0.383 e. The number of hydrogen-bond acceptors (Lipinski definition) is 5. The van der Waals surface area contributed by atoms with E-state index in [2.05, 4.69) is 4.72 Å². The lowest BCUT2D eigenvalue weighted by molar-refractivity contribution is 0.0740. The molecule has 3 N–H and O–H groups in total. The Labute approximate surface area is 156 Å². The molecule has 0 spiro atoms. The lowest BCUT2D eigenvalue weighted by atomic mass is 9.93. The van der Waals surface area contributed by atoms with Gasteiger partial charge in [0.05, 0.1) is 11.5 Å². The summed E-state index contributed by atoms with van der Waals surface area (Å²) in [6, 6.07) is 5.87. The van der Waals surface area contributed by atoms with Crippen LogP contribution in [0.1, 0.15) is 24.2 Å². The Kier molecular flexibility index (Phi) is 9.60. The highest BCUT2D eigenvalue weighted by Crippen LogP contribution is 2.17. The molecule has 1 aromatic rings. The van der Waals surface area contributed by atoms with Crippen molar-refractivity contribution < 1.29 is 17.9 Å². The summed E-state index contributed by atoms with van der Waals surface area (Å²) in [7, 11) is -0.397. The van der Waals surface area contributed by atoms with E-state index in [1.807, 2.05) is 13.8 Å². The van der Waals surface area contributed by atoms with Gasteiger partial charge in [0, 0.05) is 32.8 Å². The van der Waals surface area contributed by atoms with Gasteiger partial charge in [0.25, 0.3) is 5.91 Å². The largest absolute Gasteiger partial charge is 0.383 e. The van der Waals surface area contributed by atoms with Crippen LogP contribution in [-0.2, 0) is 14.8 Å². The van der Waals surface area contributed by atoms with Gasteiger partial charge in [0.1, 0.15) is 0 Å². The molecule has 0 aliphatic rings. The number of rotatable bonds is 9. The predicted molar refractivity (Wildman–Crippen MR) is 101 cm³/mol. The van der Waals surface area contributed by atoms with E-state index in [1.165, 1.54) is 31.4 Å². The summed E-state index contributed by atoms with van der Waals surface area (Å²) >= 11 is 0. The average Bonchev–Trinajstić information content (AvgIpc) is 2.54. The smallest absolute Gasteiger partial charge is 0.253 e. The van der Waals surface area contributed by atoms with Crippen LogP contribution in [0.25, 0.3) is 0 Å². The number of nitrogens with one attached hydrogen (secondary N) is 1. The summed E-state index contributed by atoms with van der Waals surface area (Å²) in [5, 5.41) is 0. The second kappa shape index (κ2) is 10.1. The molecule has 1 aromatic carbocycles. The van der Waals surface area contributed by atoms with Gasteiger partial charge in [-0.1, -0.05) is 13.8 Å². The van der Waals surface area contributed by atoms with Crippen molar-refractivity contribution in [2.45, 2.75) is 18.7 Å². The van der Waals surface area contributed by atoms with Crippen LogP contribution in [-0.4, -0.2) is 59.6 Å². The first-order chi connectivity index (χ1) is 11.1. The van der Waals surface area contributed by atoms with Crippen molar-refractivity contribution in [3.8, 4) is 0 Å². The zero-order chi connectivity index (χ0) is 18.4. The van der Waals surface area contributed by atoms with Crippen LogP contribution in [0.4, 0.5) is 0 Å². The molecule has 0 unspecified atom stereocenters. The highest BCUT2D eigenvalue weighted by Gasteiger charge is 2.22. The van der Waals surface area contributed by atoms with E-state index in [-0.39, 0.29) is 41.8 Å². The molecular formula is C16H28ClN3O4S. The highest BCUT2D eigenvalue weighted by molar-refractivity contribution is 7.89. The minimum absolute atomic E-state index is 0. The van der Waals surface area contributed by atoms with Gasteiger partial charge in [-0.15, -0.1) is 12.4 Å². The van der Waals surface area contributed by atoms with Crippen molar-refractivity contribution >= 4 is 28.3 Å². The van der Waals surface area contributed by atoms with Crippen LogP contribution in [0.2, 0.25) is 0 Å². The Morgan fingerprint density at radius 3 is 2.32 bits per heavy atom. The number of sulfonamides is 1. The fourth-order valence-corrected chi connectivity index (χ4v) is 3.15. The standard InChI is InChI=1S/C16H27N3O4S.ClH/c1-16(2,11-17)12-19(3)15(20)13-5-7-14(8-6-13)24(21,22)18-9-10-23-4;/h5-8,18H,9-12,17H2,1-4H3;1H. The Morgan fingerprint density at radius 2 is 1.84 bits per heavy atom. The number of halogens is 1. The maximum absolute atomic E-state index is 12.4. The van der Waals surface area contributed by atoms with Crippen molar-refractivity contribution in [1.29, 1.82) is 0 Å². The number of carbonyl (C=O) groups is 1. The minimum atomic E-state index is -3.60. The first-order valence-corrected chi connectivity index (χ1v) is 9.15. The number of nitrogens with two attached hydrogens (primary N) is 1. The molecule has 0 saturated carbocycles. The number of methoxy groups -OCH3 is 1. The normalized spacial score (nSPS) is 11.7. The van der Waals surface area contributed by atoms with E-state index in [4.69, 9.17) is 10.5 Å². The molecule has 0 radical (unpaired) electrons. The molecule has 0 fully saturated rings. The number of ether oxygens (including phenoxy) is 1. The van der Waals surface area contributed by atoms with E-state index in [9.17, 15) is 13.2 Å². The molecule has 0 saturated heterocycles. The van der Waals surface area contributed by atoms with Crippen molar-refractivity contribution in [2.75, 3.05) is 40.4 Å². The maximum Gasteiger partial charge on any atom is 0.253 e. The number of carbonyl (C=O) groups excluding carboxylic acids is 1. The molecule has 0 atom stereocenters. The molecule has 0 bridgehead atoms. The number of nitrogens with zero attached hydrogens (tertiary/aromatic N) is 1. The summed E-state index contributed by atoms with van der Waals surface area (Å²) < 4.78 is 31.4. The van der Waals surface area contributed by atoms with Crippen molar-refractivity contribution in [2.24, 2.45) is 11.1 Å². The molecule has 0 aliphatic carbocycles. The Balaban J connectivity index is 0.00000576. The fourth-order valence-electron chi connectivity index (χ4n) is 2.14. The lowest BCUT2D eigenvalue weighted by Crippen LogP contribution is -2.39. The van der Waals surface area contributed by atoms with E-state index in [0.29, 0.717) is 18.7 Å². The van der Waals surface area contributed by atoms with Gasteiger partial charge in [-0.3, -0.25) is 4.79 Å². The van der Waals surface area contributed by atoms with Gasteiger partial charge < -0.3 is 15.4 Å². The third-order valence-corrected chi connectivity index (χ3v) is 5.05. The van der Waals surface area contributed by atoms with Crippen molar-refractivity contribution in [3.05, 3.63) is 29.8 Å². The number of hydrogen-bond donors (Lipinski definition) is 2. The number of benzene rings is 1.